The van der Waals surface area contributed by atoms with Gasteiger partial charge in [-0.25, -0.2) is 4.98 Å². The number of benzene rings is 1. The lowest BCUT2D eigenvalue weighted by atomic mass is 9.91. The molecule has 0 radical (unpaired) electrons. The molecule has 3 heterocycles. The number of ether oxygens (including phenoxy) is 1. The fourth-order valence-electron chi connectivity index (χ4n) is 5.06. The molecule has 9 nitrogen and oxygen atoms in total. The number of carbonyl (C=O) groups excluding carboxylic acids is 3. The van der Waals surface area contributed by atoms with E-state index in [0.29, 0.717) is 30.4 Å². The lowest BCUT2D eigenvalue weighted by molar-refractivity contribution is -0.129. The lowest BCUT2D eigenvalue weighted by Gasteiger charge is -2.32. The number of amides is 3. The summed E-state index contributed by atoms with van der Waals surface area (Å²) < 4.78 is 6.46. The van der Waals surface area contributed by atoms with Gasteiger partial charge in [-0.05, 0) is 62.9 Å². The summed E-state index contributed by atoms with van der Waals surface area (Å²) in [6.45, 7) is 9.76. The highest BCUT2D eigenvalue weighted by molar-refractivity contribution is 7.18. The fraction of sp³-hybridized carbons (Fsp3) is 0.571. The number of nitrogens with one attached hydrogen (secondary N) is 3. The van der Waals surface area contributed by atoms with Crippen molar-refractivity contribution in [3.8, 4) is 0 Å². The van der Waals surface area contributed by atoms with Crippen molar-refractivity contribution >= 4 is 50.9 Å². The van der Waals surface area contributed by atoms with Gasteiger partial charge in [0.15, 0.2) is 0 Å². The van der Waals surface area contributed by atoms with Crippen molar-refractivity contribution in [3.05, 3.63) is 40.4 Å². The third-order valence-electron chi connectivity index (χ3n) is 7.33. The molecule has 1 aromatic carbocycles. The maximum atomic E-state index is 13.6. The predicted molar refractivity (Wildman–Crippen MR) is 154 cm³/mol. The van der Waals surface area contributed by atoms with Crippen LogP contribution in [-0.4, -0.2) is 79.1 Å². The lowest BCUT2D eigenvalue weighted by Crippen LogP contribution is -2.55. The minimum Gasteiger partial charge on any atom is -0.381 e. The van der Waals surface area contributed by atoms with E-state index in [0.717, 1.165) is 54.0 Å². The molecule has 39 heavy (non-hydrogen) atoms. The number of thiazole rings is 1. The number of hydrogen-bond acceptors (Lipinski definition) is 7. The van der Waals surface area contributed by atoms with Gasteiger partial charge in [-0.1, -0.05) is 25.1 Å². The molecule has 2 fully saturated rings. The van der Waals surface area contributed by atoms with Gasteiger partial charge in [-0.3, -0.25) is 19.3 Å². The van der Waals surface area contributed by atoms with Gasteiger partial charge < -0.3 is 20.7 Å². The monoisotopic (exact) mass is 575 g/mol. The molecule has 3 N–H and O–H groups in total. The highest BCUT2D eigenvalue weighted by Crippen LogP contribution is 2.26. The second-order valence-corrected chi connectivity index (χ2v) is 11.8. The zero-order valence-corrected chi connectivity index (χ0v) is 24.0. The van der Waals surface area contributed by atoms with E-state index < -0.39 is 6.04 Å². The Labute approximate surface area is 238 Å². The van der Waals surface area contributed by atoms with Crippen molar-refractivity contribution in [1.82, 2.24) is 25.8 Å². The molecule has 2 atom stereocenters. The summed E-state index contributed by atoms with van der Waals surface area (Å²) in [5.41, 5.74) is 1.33. The van der Waals surface area contributed by atoms with E-state index >= 15 is 0 Å². The molecular formula is C28H38ClN5O4S. The van der Waals surface area contributed by atoms with Gasteiger partial charge in [0.2, 0.25) is 17.7 Å². The van der Waals surface area contributed by atoms with Gasteiger partial charge in [0.1, 0.15) is 6.04 Å². The number of likely N-dealkylation sites (tertiary alicyclic amines) is 1. The number of halogens is 1. The van der Waals surface area contributed by atoms with Gasteiger partial charge >= 0.3 is 0 Å². The zero-order valence-electron chi connectivity index (χ0n) is 22.5. The van der Waals surface area contributed by atoms with Gasteiger partial charge in [0.05, 0.1) is 15.2 Å². The summed E-state index contributed by atoms with van der Waals surface area (Å²) in [6, 6.07) is 4.37. The van der Waals surface area contributed by atoms with Crippen LogP contribution >= 0.6 is 22.9 Å². The molecule has 2 saturated heterocycles. The number of carbonyl (C=O) groups is 3. The minimum absolute atomic E-state index is 0.141. The smallest absolute Gasteiger partial charge is 0.247 e. The van der Waals surface area contributed by atoms with E-state index in [1.807, 2.05) is 12.1 Å². The van der Waals surface area contributed by atoms with Crippen LogP contribution in [0.4, 0.5) is 0 Å². The first-order valence-corrected chi connectivity index (χ1v) is 14.9. The molecule has 0 spiro atoms. The Morgan fingerprint density at radius 3 is 2.67 bits per heavy atom. The Morgan fingerprint density at radius 2 is 1.95 bits per heavy atom. The Hall–Kier alpha value is -2.53. The predicted octanol–water partition coefficient (Wildman–Crippen LogP) is 3.07. The van der Waals surface area contributed by atoms with Crippen LogP contribution in [0.1, 0.15) is 44.0 Å². The van der Waals surface area contributed by atoms with E-state index in [1.54, 1.807) is 13.0 Å². The van der Waals surface area contributed by atoms with Crippen molar-refractivity contribution in [2.45, 2.75) is 57.5 Å². The largest absolute Gasteiger partial charge is 0.381 e. The molecule has 0 bridgehead atoms. The van der Waals surface area contributed by atoms with Crippen molar-refractivity contribution in [2.24, 2.45) is 5.92 Å². The first-order valence-electron chi connectivity index (χ1n) is 13.7. The average Bonchev–Trinajstić information content (AvgIpc) is 3.59. The fourth-order valence-corrected chi connectivity index (χ4v) is 6.35. The third kappa shape index (κ3) is 8.48. The van der Waals surface area contributed by atoms with E-state index in [9.17, 15) is 14.4 Å². The van der Waals surface area contributed by atoms with Gasteiger partial charge in [-0.15, -0.1) is 11.3 Å². The van der Waals surface area contributed by atoms with Crippen molar-refractivity contribution in [1.29, 1.82) is 0 Å². The summed E-state index contributed by atoms with van der Waals surface area (Å²) in [6.07, 6.45) is 4.37. The maximum absolute atomic E-state index is 13.6. The number of fused-ring (bicyclic) bond motifs is 1. The second-order valence-electron chi connectivity index (χ2n) is 10.3. The topological polar surface area (TPSA) is 113 Å². The maximum Gasteiger partial charge on any atom is 0.247 e. The molecule has 11 heteroatoms. The molecule has 4 rings (SSSR count). The molecule has 2 aliphatic heterocycles. The first kappa shape index (κ1) is 29.5. The van der Waals surface area contributed by atoms with Gasteiger partial charge in [0.25, 0.3) is 0 Å². The van der Waals surface area contributed by atoms with Gasteiger partial charge in [0, 0.05) is 55.8 Å². The van der Waals surface area contributed by atoms with Crippen molar-refractivity contribution < 1.29 is 19.1 Å². The normalized spacial score (nSPS) is 18.0. The average molecular weight is 576 g/mol. The highest BCUT2D eigenvalue weighted by atomic mass is 35.5. The van der Waals surface area contributed by atoms with Crippen LogP contribution in [0.5, 0.6) is 0 Å². The Kier molecular flexibility index (Phi) is 10.7. The number of aromatic nitrogens is 1. The Morgan fingerprint density at radius 1 is 1.21 bits per heavy atom. The molecule has 0 aliphatic carbocycles. The summed E-state index contributed by atoms with van der Waals surface area (Å²) in [5, 5.41) is 10.3. The van der Waals surface area contributed by atoms with E-state index in [-0.39, 0.29) is 49.1 Å². The number of rotatable bonds is 12. The molecule has 2 aliphatic rings. The summed E-state index contributed by atoms with van der Waals surface area (Å²) >= 11 is 7.58. The van der Waals surface area contributed by atoms with Crippen LogP contribution in [0, 0.1) is 5.92 Å². The summed E-state index contributed by atoms with van der Waals surface area (Å²) in [4.78, 5) is 45.6. The van der Waals surface area contributed by atoms with Crippen LogP contribution in [-0.2, 0) is 25.5 Å². The molecule has 212 valence electrons. The van der Waals surface area contributed by atoms with Crippen LogP contribution < -0.4 is 16.0 Å². The Balaban J connectivity index is 1.43. The molecule has 1 unspecified atom stereocenters. The van der Waals surface area contributed by atoms with Crippen molar-refractivity contribution in [2.75, 3.05) is 39.4 Å². The molecule has 3 amide bonds. The van der Waals surface area contributed by atoms with Crippen LogP contribution in [0.25, 0.3) is 10.2 Å². The third-order valence-corrected chi connectivity index (χ3v) is 8.60. The van der Waals surface area contributed by atoms with E-state index in [2.05, 4.69) is 32.4 Å². The second kappa shape index (κ2) is 14.2. The van der Waals surface area contributed by atoms with E-state index in [4.69, 9.17) is 16.3 Å². The quantitative estimate of drug-likeness (QED) is 0.335. The van der Waals surface area contributed by atoms with E-state index in [1.165, 1.54) is 11.3 Å². The van der Waals surface area contributed by atoms with Crippen molar-refractivity contribution in [3.63, 3.8) is 0 Å². The Bertz CT molecular complexity index is 1180. The molecule has 0 saturated carbocycles. The SMILES string of the molecule is C=C(CN1CCCC1)C(=O)NCC(NC(=O)[C@H](Cc1nc2ccc(Cl)cc2s1)NC(=O)CC)C1CCOCC1. The number of nitrogens with zero attached hydrogens (tertiary/aromatic N) is 2. The highest BCUT2D eigenvalue weighted by Gasteiger charge is 2.30. The van der Waals surface area contributed by atoms with Crippen LogP contribution in [0.3, 0.4) is 0 Å². The molecule has 1 aromatic heterocycles. The molecule has 2 aromatic rings. The molecular weight excluding hydrogens is 538 g/mol. The summed E-state index contributed by atoms with van der Waals surface area (Å²) in [5.74, 6) is -0.566. The van der Waals surface area contributed by atoms with Gasteiger partial charge in [-0.2, -0.15) is 0 Å². The van der Waals surface area contributed by atoms with Crippen LogP contribution in [0.2, 0.25) is 5.02 Å². The summed E-state index contributed by atoms with van der Waals surface area (Å²) in [7, 11) is 0. The minimum atomic E-state index is -0.795. The first-order chi connectivity index (χ1) is 18.8. The van der Waals surface area contributed by atoms with Crippen LogP contribution in [0.15, 0.2) is 30.4 Å². The number of hydrogen-bond donors (Lipinski definition) is 3. The zero-order chi connectivity index (χ0) is 27.8. The standard InChI is InChI=1S/C28H38ClN5O4S/c1-3-25(35)31-22(15-26-32-21-7-6-20(29)14-24(21)39-26)28(37)33-23(19-8-12-38-13-9-19)16-30-27(36)18(2)17-34-10-4-5-11-34/h6-7,14,19,22-23H,2-5,8-13,15-17H2,1H3,(H,30,36)(H,31,35)(H,33,37)/t22-,23?/m0/s1.